The third kappa shape index (κ3) is 5.90. The molecule has 7 nitrogen and oxygen atoms in total. The molecule has 0 spiro atoms. The maximum atomic E-state index is 13.3. The van der Waals surface area contributed by atoms with Crippen molar-refractivity contribution in [2.45, 2.75) is 63.0 Å². The fourth-order valence-electron chi connectivity index (χ4n) is 7.19. The van der Waals surface area contributed by atoms with E-state index < -0.39 is 6.16 Å². The molecule has 7 heteroatoms. The molecule has 1 heterocycles. The lowest BCUT2D eigenvalue weighted by Crippen LogP contribution is -2.62. The van der Waals surface area contributed by atoms with E-state index in [-0.39, 0.29) is 30.9 Å². The summed E-state index contributed by atoms with van der Waals surface area (Å²) in [4.78, 5) is 27.3. The fourth-order valence-corrected chi connectivity index (χ4v) is 7.19. The molecule has 2 bridgehead atoms. The zero-order valence-electron chi connectivity index (χ0n) is 23.3. The molecule has 3 aliphatic rings. The zero-order chi connectivity index (χ0) is 28.1. The van der Waals surface area contributed by atoms with Gasteiger partial charge in [-0.05, 0) is 66.0 Å². The van der Waals surface area contributed by atoms with Crippen LogP contribution in [-0.2, 0) is 39.1 Å². The number of nitrogens with zero attached hydrogens (tertiary/aromatic N) is 1. The predicted octanol–water partition coefficient (Wildman–Crippen LogP) is 6.81. The first-order valence-corrected chi connectivity index (χ1v) is 14.7. The Hall–Kier alpha value is -4.00. The summed E-state index contributed by atoms with van der Waals surface area (Å²) in [6.07, 6.45) is 5.99. The average molecular weight is 556 g/mol. The molecule has 3 aromatic rings. The van der Waals surface area contributed by atoms with Crippen LogP contribution in [0.2, 0.25) is 0 Å². The number of piperidine rings is 1. The van der Waals surface area contributed by atoms with Gasteiger partial charge in [-0.2, -0.15) is 0 Å². The first-order chi connectivity index (χ1) is 20.1. The molecule has 214 valence electrons. The van der Waals surface area contributed by atoms with Gasteiger partial charge < -0.3 is 23.8 Å². The van der Waals surface area contributed by atoms with Crippen molar-refractivity contribution < 1.29 is 28.5 Å². The molecule has 41 heavy (non-hydrogen) atoms. The number of likely N-dealkylation sites (tertiary alicyclic amines) is 1. The molecule has 3 atom stereocenters. The molecule has 6 rings (SSSR count). The van der Waals surface area contributed by atoms with E-state index in [9.17, 15) is 9.59 Å². The van der Waals surface area contributed by atoms with Crippen LogP contribution in [0.4, 0.5) is 9.59 Å². The SMILES string of the molecule is O=C(OCCc1ccccc1)OCOc1ccc2c(c1)[C@@]13CCCC[C@@H]1[C@H](C2)N(C(=O)OCc1ccccc1)CC3. The van der Waals surface area contributed by atoms with Gasteiger partial charge in [0.25, 0.3) is 0 Å². The fraction of sp³-hybridized carbons (Fsp3) is 0.412. The normalized spacial score (nSPS) is 22.6. The van der Waals surface area contributed by atoms with Crippen LogP contribution < -0.4 is 4.74 Å². The standard InChI is InChI=1S/C34H37NO6/c36-32(39-23-26-11-5-2-6-12-26)35-19-18-34-17-8-7-13-29(34)31(35)21-27-14-15-28(22-30(27)34)40-24-41-33(37)38-20-16-25-9-3-1-4-10-25/h1-6,9-12,14-15,22,29,31H,7-8,13,16-21,23-24H2/t29-,31+,34-/m1/s1. The molecule has 3 aromatic carbocycles. The number of carbonyl (C=O) groups is 2. The number of hydrogen-bond acceptors (Lipinski definition) is 6. The van der Waals surface area contributed by atoms with E-state index in [0.717, 1.165) is 36.8 Å². The van der Waals surface area contributed by atoms with E-state index in [1.165, 1.54) is 24.0 Å². The van der Waals surface area contributed by atoms with Gasteiger partial charge in [0.2, 0.25) is 6.79 Å². The Morgan fingerprint density at radius 3 is 2.44 bits per heavy atom. The maximum absolute atomic E-state index is 13.3. The number of fused-ring (bicyclic) bond motifs is 1. The lowest BCUT2D eigenvalue weighted by atomic mass is 9.52. The van der Waals surface area contributed by atoms with Gasteiger partial charge in [0.05, 0.1) is 6.61 Å². The first kappa shape index (κ1) is 27.2. The van der Waals surface area contributed by atoms with E-state index in [4.69, 9.17) is 18.9 Å². The number of carbonyl (C=O) groups excluding carboxylic acids is 2. The number of ether oxygens (including phenoxy) is 4. The average Bonchev–Trinajstić information content (AvgIpc) is 3.01. The van der Waals surface area contributed by atoms with Crippen LogP contribution >= 0.6 is 0 Å². The second-order valence-electron chi connectivity index (χ2n) is 11.3. The number of hydrogen-bond donors (Lipinski definition) is 0. The van der Waals surface area contributed by atoms with Crippen molar-refractivity contribution in [3.8, 4) is 5.75 Å². The van der Waals surface area contributed by atoms with Gasteiger partial charge >= 0.3 is 12.2 Å². The number of rotatable bonds is 8. The summed E-state index contributed by atoms with van der Waals surface area (Å²) in [6, 6.07) is 26.0. The first-order valence-electron chi connectivity index (χ1n) is 14.7. The van der Waals surface area contributed by atoms with Crippen LogP contribution in [0.1, 0.15) is 54.4 Å². The molecule has 0 N–H and O–H groups in total. The minimum Gasteiger partial charge on any atom is -0.457 e. The van der Waals surface area contributed by atoms with Crippen molar-refractivity contribution in [3.63, 3.8) is 0 Å². The second-order valence-corrected chi connectivity index (χ2v) is 11.3. The Morgan fingerprint density at radius 1 is 0.854 bits per heavy atom. The second kappa shape index (κ2) is 12.2. The van der Waals surface area contributed by atoms with Gasteiger partial charge in [0.1, 0.15) is 12.4 Å². The van der Waals surface area contributed by atoms with Gasteiger partial charge in [-0.1, -0.05) is 79.6 Å². The summed E-state index contributed by atoms with van der Waals surface area (Å²) in [5.41, 5.74) is 4.73. The van der Waals surface area contributed by atoms with Crippen LogP contribution in [0.5, 0.6) is 5.75 Å². The highest BCUT2D eigenvalue weighted by atomic mass is 16.8. The van der Waals surface area contributed by atoms with E-state index in [2.05, 4.69) is 12.1 Å². The molecule has 0 unspecified atom stereocenters. The number of amides is 1. The smallest absolute Gasteiger partial charge is 0.457 e. The summed E-state index contributed by atoms with van der Waals surface area (Å²) in [5.74, 6) is 1.08. The van der Waals surface area contributed by atoms with Crippen LogP contribution in [0.3, 0.4) is 0 Å². The minimum absolute atomic E-state index is 0.0311. The molecule has 1 amide bonds. The van der Waals surface area contributed by atoms with E-state index in [1.807, 2.05) is 71.6 Å². The van der Waals surface area contributed by atoms with E-state index >= 15 is 0 Å². The van der Waals surface area contributed by atoms with Crippen LogP contribution in [0.15, 0.2) is 78.9 Å². The van der Waals surface area contributed by atoms with Gasteiger partial charge in [-0.3, -0.25) is 0 Å². The Balaban J connectivity index is 1.08. The van der Waals surface area contributed by atoms with Crippen LogP contribution in [-0.4, -0.2) is 43.1 Å². The molecular weight excluding hydrogens is 518 g/mol. The third-order valence-corrected chi connectivity index (χ3v) is 9.10. The molecule has 0 radical (unpaired) electrons. The summed E-state index contributed by atoms with van der Waals surface area (Å²) in [6.45, 7) is 1.03. The van der Waals surface area contributed by atoms with Crippen LogP contribution in [0.25, 0.3) is 0 Å². The predicted molar refractivity (Wildman–Crippen MR) is 154 cm³/mol. The molecular formula is C34H37NO6. The quantitative estimate of drug-likeness (QED) is 0.224. The van der Waals surface area contributed by atoms with Crippen molar-refractivity contribution in [2.24, 2.45) is 5.92 Å². The Bertz CT molecular complexity index is 1350. The van der Waals surface area contributed by atoms with Gasteiger partial charge in [-0.15, -0.1) is 0 Å². The Morgan fingerprint density at radius 2 is 1.63 bits per heavy atom. The molecule has 1 saturated carbocycles. The highest BCUT2D eigenvalue weighted by Gasteiger charge is 2.55. The summed E-state index contributed by atoms with van der Waals surface area (Å²) in [7, 11) is 0. The molecule has 1 aliphatic heterocycles. The van der Waals surface area contributed by atoms with Crippen molar-refractivity contribution >= 4 is 12.2 Å². The topological polar surface area (TPSA) is 74.3 Å². The number of benzene rings is 3. The maximum Gasteiger partial charge on any atom is 0.511 e. The summed E-state index contributed by atoms with van der Waals surface area (Å²) < 4.78 is 22.0. The van der Waals surface area contributed by atoms with Gasteiger partial charge in [-0.25, -0.2) is 9.59 Å². The largest absolute Gasteiger partial charge is 0.511 e. The monoisotopic (exact) mass is 555 g/mol. The van der Waals surface area contributed by atoms with Crippen molar-refractivity contribution in [1.29, 1.82) is 0 Å². The van der Waals surface area contributed by atoms with Crippen molar-refractivity contribution in [2.75, 3.05) is 19.9 Å². The summed E-state index contributed by atoms with van der Waals surface area (Å²) in [5, 5.41) is 0. The summed E-state index contributed by atoms with van der Waals surface area (Å²) >= 11 is 0. The van der Waals surface area contributed by atoms with Gasteiger partial charge in [0, 0.05) is 24.4 Å². The molecule has 0 aromatic heterocycles. The molecule has 1 saturated heterocycles. The van der Waals surface area contributed by atoms with Gasteiger partial charge in [0.15, 0.2) is 0 Å². The van der Waals surface area contributed by atoms with Crippen LogP contribution in [0, 0.1) is 5.92 Å². The van der Waals surface area contributed by atoms with Crippen molar-refractivity contribution in [1.82, 2.24) is 4.90 Å². The van der Waals surface area contributed by atoms with Crippen molar-refractivity contribution in [3.05, 3.63) is 101 Å². The van der Waals surface area contributed by atoms with E-state index in [0.29, 0.717) is 31.2 Å². The molecule has 2 fully saturated rings. The Labute approximate surface area is 241 Å². The highest BCUT2D eigenvalue weighted by Crippen LogP contribution is 2.56. The minimum atomic E-state index is -0.737. The third-order valence-electron chi connectivity index (χ3n) is 9.10. The van der Waals surface area contributed by atoms with E-state index in [1.54, 1.807) is 0 Å². The molecule has 2 aliphatic carbocycles. The zero-order valence-corrected chi connectivity index (χ0v) is 23.3. The lowest BCUT2D eigenvalue weighted by molar-refractivity contribution is -0.0143. The lowest BCUT2D eigenvalue weighted by Gasteiger charge is -2.58. The highest BCUT2D eigenvalue weighted by molar-refractivity contribution is 5.69. The Kier molecular flexibility index (Phi) is 8.12.